The molecule has 1 aliphatic heterocycles. The van der Waals surface area contributed by atoms with E-state index in [0.717, 1.165) is 30.0 Å². The molecule has 0 fully saturated rings. The molecule has 1 unspecified atom stereocenters. The van der Waals surface area contributed by atoms with E-state index in [1.54, 1.807) is 0 Å². The number of benzene rings is 2. The van der Waals surface area contributed by atoms with Crippen LogP contribution < -0.4 is 14.8 Å². The summed E-state index contributed by atoms with van der Waals surface area (Å²) in [6.45, 7) is 1.22. The summed E-state index contributed by atoms with van der Waals surface area (Å²) in [7, 11) is 1.90. The van der Waals surface area contributed by atoms with Crippen LogP contribution in [-0.2, 0) is 13.0 Å². The molecule has 0 saturated heterocycles. The maximum atomic E-state index is 6.25. The molecule has 0 aliphatic carbocycles. The Morgan fingerprint density at radius 2 is 2.10 bits per heavy atom. The van der Waals surface area contributed by atoms with E-state index in [4.69, 9.17) is 21.1 Å². The highest BCUT2D eigenvalue weighted by atomic mass is 35.5. The van der Waals surface area contributed by atoms with Crippen LogP contribution in [-0.4, -0.2) is 19.8 Å². The van der Waals surface area contributed by atoms with Gasteiger partial charge in [-0.15, -0.1) is 0 Å². The van der Waals surface area contributed by atoms with E-state index in [2.05, 4.69) is 11.4 Å². The standard InChI is InChI=1S/C17H18ClNO2/c1-19-10-13-6-4-7-15(18)17(13)20-11-14-9-12-5-2-3-8-16(12)21-14/h2-8,14,19H,9-11H2,1H3. The van der Waals surface area contributed by atoms with Gasteiger partial charge in [0.1, 0.15) is 24.2 Å². The minimum absolute atomic E-state index is 0.0427. The molecule has 1 atom stereocenters. The van der Waals surface area contributed by atoms with E-state index < -0.39 is 0 Å². The van der Waals surface area contributed by atoms with Gasteiger partial charge in [0, 0.05) is 18.5 Å². The molecule has 2 aromatic rings. The van der Waals surface area contributed by atoms with E-state index in [0.29, 0.717) is 11.6 Å². The molecule has 0 saturated carbocycles. The largest absolute Gasteiger partial charge is 0.488 e. The average molecular weight is 304 g/mol. The summed E-state index contributed by atoms with van der Waals surface area (Å²) in [4.78, 5) is 0. The number of rotatable bonds is 5. The lowest BCUT2D eigenvalue weighted by atomic mass is 10.1. The fourth-order valence-corrected chi connectivity index (χ4v) is 2.82. The highest BCUT2D eigenvalue weighted by Crippen LogP contribution is 2.31. The lowest BCUT2D eigenvalue weighted by Gasteiger charge is -2.16. The van der Waals surface area contributed by atoms with E-state index in [-0.39, 0.29) is 6.10 Å². The smallest absolute Gasteiger partial charge is 0.142 e. The number of para-hydroxylation sites is 2. The van der Waals surface area contributed by atoms with Crippen molar-refractivity contribution in [1.82, 2.24) is 5.32 Å². The van der Waals surface area contributed by atoms with Crippen LogP contribution in [0.3, 0.4) is 0 Å². The van der Waals surface area contributed by atoms with Gasteiger partial charge in [0.15, 0.2) is 0 Å². The van der Waals surface area contributed by atoms with Crippen LogP contribution >= 0.6 is 11.6 Å². The third kappa shape index (κ3) is 3.14. The predicted molar refractivity (Wildman–Crippen MR) is 84.3 cm³/mol. The third-order valence-electron chi connectivity index (χ3n) is 3.54. The second-order valence-corrected chi connectivity index (χ2v) is 5.53. The summed E-state index contributed by atoms with van der Waals surface area (Å²) in [6.07, 6.45) is 0.920. The maximum absolute atomic E-state index is 6.25. The zero-order valence-electron chi connectivity index (χ0n) is 11.9. The minimum atomic E-state index is 0.0427. The van der Waals surface area contributed by atoms with Gasteiger partial charge in [0.05, 0.1) is 5.02 Å². The Bertz CT molecular complexity index is 605. The molecule has 1 heterocycles. The molecular formula is C17H18ClNO2. The van der Waals surface area contributed by atoms with Crippen LogP contribution in [0.2, 0.25) is 5.02 Å². The summed E-state index contributed by atoms with van der Waals surface area (Å²) in [5.74, 6) is 1.70. The van der Waals surface area contributed by atoms with Crippen molar-refractivity contribution in [2.75, 3.05) is 13.7 Å². The van der Waals surface area contributed by atoms with Crippen LogP contribution in [0.5, 0.6) is 11.5 Å². The summed E-state index contributed by atoms with van der Waals surface area (Å²) in [5.41, 5.74) is 2.29. The lowest BCUT2D eigenvalue weighted by molar-refractivity contribution is 0.148. The van der Waals surface area contributed by atoms with Crippen molar-refractivity contribution in [2.45, 2.75) is 19.1 Å². The van der Waals surface area contributed by atoms with Gasteiger partial charge in [0.2, 0.25) is 0 Å². The van der Waals surface area contributed by atoms with Crippen LogP contribution in [0.4, 0.5) is 0 Å². The Morgan fingerprint density at radius 1 is 1.24 bits per heavy atom. The average Bonchev–Trinajstić information content (AvgIpc) is 2.90. The maximum Gasteiger partial charge on any atom is 0.142 e. The molecule has 4 heteroatoms. The van der Waals surface area contributed by atoms with Gasteiger partial charge in [-0.1, -0.05) is 41.9 Å². The number of hydrogen-bond donors (Lipinski definition) is 1. The first-order valence-corrected chi connectivity index (χ1v) is 7.45. The first kappa shape index (κ1) is 14.2. The van der Waals surface area contributed by atoms with Crippen LogP contribution in [0.15, 0.2) is 42.5 Å². The van der Waals surface area contributed by atoms with Gasteiger partial charge in [0.25, 0.3) is 0 Å². The number of halogens is 1. The fourth-order valence-electron chi connectivity index (χ4n) is 2.57. The Labute approximate surface area is 129 Å². The highest BCUT2D eigenvalue weighted by Gasteiger charge is 2.23. The molecule has 2 aromatic carbocycles. The predicted octanol–water partition coefficient (Wildman–Crippen LogP) is 3.44. The van der Waals surface area contributed by atoms with Gasteiger partial charge in [-0.3, -0.25) is 0 Å². The number of ether oxygens (including phenoxy) is 2. The summed E-state index contributed by atoms with van der Waals surface area (Å²) < 4.78 is 11.8. The van der Waals surface area contributed by atoms with E-state index in [1.807, 2.05) is 43.4 Å². The number of fused-ring (bicyclic) bond motifs is 1. The number of hydrogen-bond acceptors (Lipinski definition) is 3. The quantitative estimate of drug-likeness (QED) is 0.918. The molecule has 1 N–H and O–H groups in total. The first-order valence-electron chi connectivity index (χ1n) is 7.07. The van der Waals surface area contributed by atoms with Crippen molar-refractivity contribution < 1.29 is 9.47 Å². The van der Waals surface area contributed by atoms with Crippen molar-refractivity contribution >= 4 is 11.6 Å². The molecule has 0 amide bonds. The topological polar surface area (TPSA) is 30.5 Å². The molecule has 0 bridgehead atoms. The first-order chi connectivity index (χ1) is 10.3. The fraction of sp³-hybridized carbons (Fsp3) is 0.294. The van der Waals surface area contributed by atoms with Gasteiger partial charge in [-0.05, 0) is 24.7 Å². The van der Waals surface area contributed by atoms with E-state index in [1.165, 1.54) is 5.56 Å². The van der Waals surface area contributed by atoms with Crippen LogP contribution in [0.25, 0.3) is 0 Å². The monoisotopic (exact) mass is 303 g/mol. The van der Waals surface area contributed by atoms with Crippen molar-refractivity contribution in [3.63, 3.8) is 0 Å². The van der Waals surface area contributed by atoms with Crippen LogP contribution in [0.1, 0.15) is 11.1 Å². The van der Waals surface area contributed by atoms with Crippen molar-refractivity contribution in [1.29, 1.82) is 0 Å². The normalized spacial score (nSPS) is 16.4. The third-order valence-corrected chi connectivity index (χ3v) is 3.84. The van der Waals surface area contributed by atoms with Crippen molar-refractivity contribution in [3.05, 3.63) is 58.6 Å². The Morgan fingerprint density at radius 3 is 2.90 bits per heavy atom. The molecule has 0 spiro atoms. The zero-order valence-corrected chi connectivity index (χ0v) is 12.7. The van der Waals surface area contributed by atoms with E-state index >= 15 is 0 Å². The molecule has 0 aromatic heterocycles. The van der Waals surface area contributed by atoms with Crippen molar-refractivity contribution in [3.8, 4) is 11.5 Å². The molecule has 110 valence electrons. The van der Waals surface area contributed by atoms with Gasteiger partial charge >= 0.3 is 0 Å². The summed E-state index contributed by atoms with van der Waals surface area (Å²) >= 11 is 6.25. The minimum Gasteiger partial charge on any atom is -0.488 e. The molecule has 1 aliphatic rings. The number of nitrogens with one attached hydrogen (secondary N) is 1. The van der Waals surface area contributed by atoms with Gasteiger partial charge in [-0.25, -0.2) is 0 Å². The van der Waals surface area contributed by atoms with E-state index in [9.17, 15) is 0 Å². The SMILES string of the molecule is CNCc1cccc(Cl)c1OCC1Cc2ccccc2O1. The summed E-state index contributed by atoms with van der Waals surface area (Å²) in [6, 6.07) is 13.9. The zero-order chi connectivity index (χ0) is 14.7. The highest BCUT2D eigenvalue weighted by molar-refractivity contribution is 6.32. The molecule has 3 rings (SSSR count). The van der Waals surface area contributed by atoms with Crippen LogP contribution in [0, 0.1) is 0 Å². The molecule has 0 radical (unpaired) electrons. The molecular weight excluding hydrogens is 286 g/mol. The molecule has 3 nitrogen and oxygen atoms in total. The molecule has 21 heavy (non-hydrogen) atoms. The van der Waals surface area contributed by atoms with Gasteiger partial charge in [-0.2, -0.15) is 0 Å². The van der Waals surface area contributed by atoms with Crippen molar-refractivity contribution in [2.24, 2.45) is 0 Å². The lowest BCUT2D eigenvalue weighted by Crippen LogP contribution is -2.23. The Hall–Kier alpha value is -1.71. The van der Waals surface area contributed by atoms with Gasteiger partial charge < -0.3 is 14.8 Å². The Balaban J connectivity index is 1.67. The Kier molecular flexibility index (Phi) is 4.32. The second kappa shape index (κ2) is 6.37. The summed E-state index contributed by atoms with van der Waals surface area (Å²) in [5, 5.41) is 3.76. The second-order valence-electron chi connectivity index (χ2n) is 5.12.